The number of aromatic nitrogens is 4. The molecule has 35 heavy (non-hydrogen) atoms. The summed E-state index contributed by atoms with van der Waals surface area (Å²) >= 11 is 0. The molecule has 0 aliphatic carbocycles. The number of aryl methyl sites for hydroxylation is 1. The molecule has 4 rings (SSSR count). The maximum absolute atomic E-state index is 13.9. The summed E-state index contributed by atoms with van der Waals surface area (Å²) in [5.41, 5.74) is 3.22. The number of ether oxygens (including phenoxy) is 2. The Morgan fingerprint density at radius 2 is 1.94 bits per heavy atom. The molecule has 1 aromatic carbocycles. The third-order valence-corrected chi connectivity index (χ3v) is 5.36. The maximum atomic E-state index is 13.9. The van der Waals surface area contributed by atoms with Crippen molar-refractivity contribution in [3.63, 3.8) is 0 Å². The van der Waals surface area contributed by atoms with Crippen LogP contribution in [-0.2, 0) is 4.74 Å². The van der Waals surface area contributed by atoms with E-state index in [9.17, 15) is 14.0 Å². The van der Waals surface area contributed by atoms with Gasteiger partial charge in [0.25, 0.3) is 5.91 Å². The van der Waals surface area contributed by atoms with Gasteiger partial charge < -0.3 is 14.4 Å². The van der Waals surface area contributed by atoms with Crippen LogP contribution in [0.4, 0.5) is 20.7 Å². The predicted octanol–water partition coefficient (Wildman–Crippen LogP) is 4.09. The molecule has 0 bridgehead atoms. The largest absolute Gasteiger partial charge is 0.494 e. The molecule has 0 saturated carbocycles. The minimum atomic E-state index is -0.621. The number of methoxy groups -OCH3 is 2. The summed E-state index contributed by atoms with van der Waals surface area (Å²) in [5.74, 6) is -0.500. The van der Waals surface area contributed by atoms with Gasteiger partial charge in [-0.1, -0.05) is 0 Å². The lowest BCUT2D eigenvalue weighted by atomic mass is 10.2. The van der Waals surface area contributed by atoms with Crippen LogP contribution in [0.2, 0.25) is 0 Å². The van der Waals surface area contributed by atoms with Crippen molar-refractivity contribution >= 4 is 29.2 Å². The molecule has 2 amide bonds. The van der Waals surface area contributed by atoms with Gasteiger partial charge in [-0.05, 0) is 38.1 Å². The first-order valence-electron chi connectivity index (χ1n) is 10.7. The van der Waals surface area contributed by atoms with Gasteiger partial charge >= 0.3 is 6.09 Å². The Morgan fingerprint density at radius 3 is 2.60 bits per heavy atom. The molecule has 0 unspecified atom stereocenters. The van der Waals surface area contributed by atoms with Crippen LogP contribution in [0.3, 0.4) is 0 Å². The highest BCUT2D eigenvalue weighted by atomic mass is 19.1. The van der Waals surface area contributed by atoms with Gasteiger partial charge in [-0.2, -0.15) is 0 Å². The maximum Gasteiger partial charge on any atom is 0.412 e. The van der Waals surface area contributed by atoms with E-state index in [0.717, 1.165) is 0 Å². The second-order valence-electron chi connectivity index (χ2n) is 7.47. The molecule has 11 heteroatoms. The minimum absolute atomic E-state index is 0.0443. The Labute approximate surface area is 200 Å². The van der Waals surface area contributed by atoms with Crippen LogP contribution in [0.15, 0.2) is 48.9 Å². The number of nitrogens with one attached hydrogen (secondary N) is 1. The van der Waals surface area contributed by atoms with Gasteiger partial charge in [0.2, 0.25) is 0 Å². The molecule has 3 heterocycles. The molecule has 3 aromatic heterocycles. The Morgan fingerprint density at radius 1 is 1.14 bits per heavy atom. The molecule has 0 atom stereocenters. The second-order valence-corrected chi connectivity index (χ2v) is 7.47. The normalized spacial score (nSPS) is 10.8. The van der Waals surface area contributed by atoms with Gasteiger partial charge in [0, 0.05) is 36.3 Å². The first-order chi connectivity index (χ1) is 16.9. The number of benzene rings is 1. The van der Waals surface area contributed by atoms with E-state index >= 15 is 0 Å². The number of nitrogens with zero attached hydrogens (tertiary/aromatic N) is 5. The first-order valence-corrected chi connectivity index (χ1v) is 10.7. The Kier molecular flexibility index (Phi) is 6.58. The van der Waals surface area contributed by atoms with Crippen LogP contribution in [-0.4, -0.2) is 52.1 Å². The summed E-state index contributed by atoms with van der Waals surface area (Å²) in [5, 5.41) is 2.49. The summed E-state index contributed by atoms with van der Waals surface area (Å²) in [6.45, 7) is 3.92. The van der Waals surface area contributed by atoms with Gasteiger partial charge in [0.05, 0.1) is 31.8 Å². The number of rotatable bonds is 6. The van der Waals surface area contributed by atoms with Gasteiger partial charge in [-0.25, -0.2) is 24.1 Å². The highest BCUT2D eigenvalue weighted by Gasteiger charge is 2.21. The van der Waals surface area contributed by atoms with Crippen molar-refractivity contribution in [2.45, 2.75) is 13.8 Å². The number of carbonyl (C=O) groups is 2. The summed E-state index contributed by atoms with van der Waals surface area (Å²) in [4.78, 5) is 39.4. The standard InChI is InChI=1S/C24H23FN6O4/c1-5-30(16-7-8-17(25)20(10-16)34-3)23(32)18-13-31-19(12-27-22(31)14(2)28-18)15-6-9-21(26-11-15)29-24(33)35-4/h6-13H,5H2,1-4H3,(H,26,29,33). The molecule has 0 spiro atoms. The van der Waals surface area contributed by atoms with E-state index in [4.69, 9.17) is 4.74 Å². The summed E-state index contributed by atoms with van der Waals surface area (Å²) in [6.07, 6.45) is 4.22. The average molecular weight is 478 g/mol. The number of amides is 2. The topological polar surface area (TPSA) is 111 Å². The number of pyridine rings is 1. The minimum Gasteiger partial charge on any atom is -0.494 e. The number of fused-ring (bicyclic) bond motifs is 1. The molecule has 0 saturated heterocycles. The average Bonchev–Trinajstić information content (AvgIpc) is 3.30. The van der Waals surface area contributed by atoms with Crippen molar-refractivity contribution in [2.75, 3.05) is 31.0 Å². The molecular formula is C24H23FN6O4. The number of hydrogen-bond acceptors (Lipinski definition) is 7. The molecule has 1 N–H and O–H groups in total. The Bertz CT molecular complexity index is 1400. The number of carbonyl (C=O) groups excluding carboxylic acids is 2. The van der Waals surface area contributed by atoms with E-state index in [2.05, 4.69) is 25.0 Å². The van der Waals surface area contributed by atoms with E-state index in [0.29, 0.717) is 40.6 Å². The van der Waals surface area contributed by atoms with E-state index in [1.54, 1.807) is 42.0 Å². The molecule has 4 aromatic rings. The quantitative estimate of drug-likeness (QED) is 0.444. The fourth-order valence-corrected chi connectivity index (χ4v) is 3.63. The molecule has 0 fully saturated rings. The van der Waals surface area contributed by atoms with Crippen molar-refractivity contribution in [1.29, 1.82) is 0 Å². The zero-order valence-corrected chi connectivity index (χ0v) is 19.6. The molecule has 10 nitrogen and oxygen atoms in total. The van der Waals surface area contributed by atoms with Crippen molar-refractivity contribution in [1.82, 2.24) is 19.4 Å². The van der Waals surface area contributed by atoms with Crippen LogP contribution >= 0.6 is 0 Å². The number of halogens is 1. The zero-order chi connectivity index (χ0) is 25.1. The van der Waals surface area contributed by atoms with Crippen LogP contribution in [0.1, 0.15) is 23.1 Å². The molecule has 0 aliphatic rings. The third-order valence-electron chi connectivity index (χ3n) is 5.36. The van der Waals surface area contributed by atoms with Crippen molar-refractivity contribution in [3.05, 3.63) is 66.1 Å². The summed E-state index contributed by atoms with van der Waals surface area (Å²) < 4.78 is 25.3. The highest BCUT2D eigenvalue weighted by molar-refractivity contribution is 6.05. The number of imidazole rings is 1. The van der Waals surface area contributed by atoms with E-state index in [1.165, 1.54) is 37.3 Å². The fourth-order valence-electron chi connectivity index (χ4n) is 3.63. The van der Waals surface area contributed by atoms with Gasteiger partial charge in [-0.3, -0.25) is 14.5 Å². The monoisotopic (exact) mass is 478 g/mol. The van der Waals surface area contributed by atoms with E-state index < -0.39 is 11.9 Å². The number of anilines is 2. The number of hydrogen-bond donors (Lipinski definition) is 1. The van der Waals surface area contributed by atoms with Crippen LogP contribution < -0.4 is 15.0 Å². The fraction of sp³-hybridized carbons (Fsp3) is 0.208. The summed E-state index contributed by atoms with van der Waals surface area (Å²) in [6, 6.07) is 7.64. The van der Waals surface area contributed by atoms with Crippen LogP contribution in [0.5, 0.6) is 5.75 Å². The Balaban J connectivity index is 1.71. The lowest BCUT2D eigenvalue weighted by Gasteiger charge is -2.21. The smallest absolute Gasteiger partial charge is 0.412 e. The van der Waals surface area contributed by atoms with Crippen LogP contribution in [0.25, 0.3) is 16.9 Å². The van der Waals surface area contributed by atoms with Gasteiger partial charge in [0.15, 0.2) is 17.2 Å². The van der Waals surface area contributed by atoms with E-state index in [1.807, 2.05) is 6.92 Å². The lowest BCUT2D eigenvalue weighted by Crippen LogP contribution is -2.31. The zero-order valence-electron chi connectivity index (χ0n) is 19.6. The van der Waals surface area contributed by atoms with Crippen LogP contribution in [0, 0.1) is 12.7 Å². The highest BCUT2D eigenvalue weighted by Crippen LogP contribution is 2.27. The van der Waals surface area contributed by atoms with Crippen molar-refractivity contribution in [2.24, 2.45) is 0 Å². The van der Waals surface area contributed by atoms with Gasteiger partial charge in [0.1, 0.15) is 11.5 Å². The van der Waals surface area contributed by atoms with Crippen molar-refractivity contribution in [3.8, 4) is 17.0 Å². The Hall–Kier alpha value is -4.54. The molecule has 180 valence electrons. The molecular weight excluding hydrogens is 455 g/mol. The third kappa shape index (κ3) is 4.60. The molecule has 0 radical (unpaired) electrons. The SMILES string of the molecule is CCN(C(=O)c1cn2c(-c3ccc(NC(=O)OC)nc3)cnc2c(C)n1)c1ccc(F)c(OC)c1. The predicted molar refractivity (Wildman–Crippen MR) is 127 cm³/mol. The van der Waals surface area contributed by atoms with Crippen molar-refractivity contribution < 1.29 is 23.5 Å². The summed E-state index contributed by atoms with van der Waals surface area (Å²) in [7, 11) is 2.64. The van der Waals surface area contributed by atoms with Gasteiger partial charge in [-0.15, -0.1) is 0 Å². The first kappa shape index (κ1) is 23.6. The molecule has 0 aliphatic heterocycles. The second kappa shape index (κ2) is 9.75. The van der Waals surface area contributed by atoms with E-state index in [-0.39, 0.29) is 17.4 Å². The lowest BCUT2D eigenvalue weighted by molar-refractivity contribution is 0.0982.